The number of sulfonamides is 1. The van der Waals surface area contributed by atoms with E-state index in [1.807, 2.05) is 42.5 Å². The zero-order chi connectivity index (χ0) is 25.4. The summed E-state index contributed by atoms with van der Waals surface area (Å²) >= 11 is 0. The largest absolute Gasteiger partial charge is 0.271 e. The fraction of sp³-hybridized carbons (Fsp3) is 0.370. The van der Waals surface area contributed by atoms with Gasteiger partial charge in [-0.1, -0.05) is 68.7 Å². The number of nitrogens with one attached hydrogen (secondary N) is 1. The molecule has 0 spiro atoms. The summed E-state index contributed by atoms with van der Waals surface area (Å²) in [4.78, 5) is 27.3. The molecule has 0 radical (unpaired) electrons. The fourth-order valence-corrected chi connectivity index (χ4v) is 5.82. The topological polar surface area (TPSA) is 101 Å². The first-order valence-electron chi connectivity index (χ1n) is 12.3. The van der Waals surface area contributed by atoms with Gasteiger partial charge in [0.1, 0.15) is 6.04 Å². The molecule has 8 nitrogen and oxygen atoms in total. The first-order chi connectivity index (χ1) is 17.5. The Balaban J connectivity index is 1.50. The number of aromatic nitrogens is 2. The second kappa shape index (κ2) is 12.2. The highest BCUT2D eigenvalue weighted by Crippen LogP contribution is 2.28. The molecule has 1 N–H and O–H groups in total. The molecule has 0 fully saturated rings. The monoisotopic (exact) mass is 508 g/mol. The Bertz CT molecular complexity index is 1250. The maximum absolute atomic E-state index is 13.7. The molecule has 0 saturated carbocycles. The zero-order valence-corrected chi connectivity index (χ0v) is 21.3. The Kier molecular flexibility index (Phi) is 8.79. The number of hydrogen-bond acceptors (Lipinski definition) is 6. The van der Waals surface area contributed by atoms with Crippen LogP contribution >= 0.6 is 0 Å². The lowest BCUT2D eigenvalue weighted by Gasteiger charge is -2.33. The minimum absolute atomic E-state index is 0.0406. The Hall–Kier alpha value is -3.14. The lowest BCUT2D eigenvalue weighted by molar-refractivity contribution is -0.139. The van der Waals surface area contributed by atoms with Crippen molar-refractivity contribution in [1.29, 1.82) is 0 Å². The summed E-state index contributed by atoms with van der Waals surface area (Å²) in [5.74, 6) is -0.543. The van der Waals surface area contributed by atoms with E-state index in [1.54, 1.807) is 18.3 Å². The number of fused-ring (bicyclic) bond motifs is 1. The van der Waals surface area contributed by atoms with Crippen LogP contribution in [0.2, 0.25) is 0 Å². The van der Waals surface area contributed by atoms with E-state index in [2.05, 4.69) is 22.4 Å². The molecular weight excluding hydrogens is 476 g/mol. The molecule has 1 aliphatic rings. The molecule has 2 heterocycles. The summed E-state index contributed by atoms with van der Waals surface area (Å²) in [6.45, 7) is 2.30. The van der Waals surface area contributed by atoms with Gasteiger partial charge in [-0.2, -0.15) is 4.31 Å². The van der Waals surface area contributed by atoms with Crippen LogP contribution in [-0.2, 0) is 45.6 Å². The standard InChI is InChI=1S/C27H32N4O4S/c1-2-3-4-6-9-21-12-14-23(15-13-21)36(33,34)31-19-25-24(28-16-17-29-25)18-26(31)27(32)30-35-20-22-10-7-5-8-11-22/h5,7-8,10-17,26H,2-4,6,9,18-20H2,1H3,(H,30,32). The van der Waals surface area contributed by atoms with Crippen molar-refractivity contribution in [2.75, 3.05) is 0 Å². The SMILES string of the molecule is CCCCCCc1ccc(S(=O)(=O)N2Cc3nccnc3CC2C(=O)NOCc2ccccc2)cc1. The third-order valence-electron chi connectivity index (χ3n) is 6.31. The van der Waals surface area contributed by atoms with E-state index in [0.29, 0.717) is 11.4 Å². The first kappa shape index (κ1) is 25.9. The molecule has 1 amide bonds. The van der Waals surface area contributed by atoms with Gasteiger partial charge in [-0.3, -0.25) is 19.6 Å². The van der Waals surface area contributed by atoms with Gasteiger partial charge in [0.25, 0.3) is 5.91 Å². The molecule has 2 aromatic carbocycles. The summed E-state index contributed by atoms with van der Waals surface area (Å²) in [6.07, 6.45) is 8.70. The van der Waals surface area contributed by atoms with Gasteiger partial charge in [-0.05, 0) is 36.1 Å². The van der Waals surface area contributed by atoms with E-state index in [-0.39, 0.29) is 24.5 Å². The number of aryl methyl sites for hydroxylation is 1. The summed E-state index contributed by atoms with van der Waals surface area (Å²) < 4.78 is 28.5. The number of hydroxylamine groups is 1. The molecule has 1 unspecified atom stereocenters. The lowest BCUT2D eigenvalue weighted by Crippen LogP contribution is -2.52. The molecule has 0 aliphatic carbocycles. The molecule has 190 valence electrons. The van der Waals surface area contributed by atoms with Gasteiger partial charge >= 0.3 is 0 Å². The van der Waals surface area contributed by atoms with Crippen molar-refractivity contribution in [3.8, 4) is 0 Å². The Morgan fingerprint density at radius 3 is 2.42 bits per heavy atom. The normalized spacial score (nSPS) is 15.9. The van der Waals surface area contributed by atoms with Crippen LogP contribution in [0.3, 0.4) is 0 Å². The quantitative estimate of drug-likeness (QED) is 0.311. The number of amides is 1. The van der Waals surface area contributed by atoms with Gasteiger partial charge in [0.15, 0.2) is 0 Å². The van der Waals surface area contributed by atoms with Crippen molar-refractivity contribution in [2.45, 2.75) is 69.5 Å². The lowest BCUT2D eigenvalue weighted by atomic mass is 10.0. The van der Waals surface area contributed by atoms with Gasteiger partial charge in [0, 0.05) is 18.8 Å². The van der Waals surface area contributed by atoms with Crippen molar-refractivity contribution < 1.29 is 18.0 Å². The van der Waals surface area contributed by atoms with E-state index in [4.69, 9.17) is 4.84 Å². The maximum Gasteiger partial charge on any atom is 0.262 e. The maximum atomic E-state index is 13.7. The molecule has 4 rings (SSSR count). The van der Waals surface area contributed by atoms with Crippen molar-refractivity contribution in [3.63, 3.8) is 0 Å². The minimum Gasteiger partial charge on any atom is -0.271 e. The van der Waals surface area contributed by atoms with Gasteiger partial charge in [-0.25, -0.2) is 13.9 Å². The molecule has 3 aromatic rings. The molecule has 1 aromatic heterocycles. The van der Waals surface area contributed by atoms with Crippen LogP contribution in [0, 0.1) is 0 Å². The van der Waals surface area contributed by atoms with Crippen LogP contribution in [0.1, 0.15) is 55.1 Å². The highest BCUT2D eigenvalue weighted by molar-refractivity contribution is 7.89. The summed E-state index contributed by atoms with van der Waals surface area (Å²) in [7, 11) is -3.97. The summed E-state index contributed by atoms with van der Waals surface area (Å²) in [5.41, 5.74) is 5.57. The van der Waals surface area contributed by atoms with Crippen molar-refractivity contribution in [3.05, 3.63) is 89.5 Å². The number of carbonyl (C=O) groups excluding carboxylic acids is 1. The molecule has 0 bridgehead atoms. The molecule has 1 atom stereocenters. The predicted molar refractivity (Wildman–Crippen MR) is 136 cm³/mol. The Morgan fingerprint density at radius 1 is 0.972 bits per heavy atom. The van der Waals surface area contributed by atoms with E-state index in [9.17, 15) is 13.2 Å². The van der Waals surface area contributed by atoms with Gasteiger partial charge in [0.05, 0.1) is 29.4 Å². The first-order valence-corrected chi connectivity index (χ1v) is 13.8. The van der Waals surface area contributed by atoms with E-state index < -0.39 is 22.0 Å². The second-order valence-corrected chi connectivity index (χ2v) is 10.8. The van der Waals surface area contributed by atoms with E-state index >= 15 is 0 Å². The number of unbranched alkanes of at least 4 members (excludes halogenated alkanes) is 3. The van der Waals surface area contributed by atoms with Crippen LogP contribution in [-0.4, -0.2) is 34.6 Å². The van der Waals surface area contributed by atoms with Gasteiger partial charge in [-0.15, -0.1) is 0 Å². The third-order valence-corrected chi connectivity index (χ3v) is 8.18. The van der Waals surface area contributed by atoms with Crippen LogP contribution in [0.15, 0.2) is 71.9 Å². The Morgan fingerprint density at radius 2 is 1.69 bits per heavy atom. The second-order valence-electron chi connectivity index (χ2n) is 8.92. The van der Waals surface area contributed by atoms with Crippen molar-refractivity contribution in [1.82, 2.24) is 19.8 Å². The Labute approximate surface area is 212 Å². The minimum atomic E-state index is -3.97. The van der Waals surface area contributed by atoms with Crippen LogP contribution < -0.4 is 5.48 Å². The van der Waals surface area contributed by atoms with Crippen LogP contribution in [0.4, 0.5) is 0 Å². The summed E-state index contributed by atoms with van der Waals surface area (Å²) in [6, 6.07) is 15.3. The molecular formula is C27H32N4O4S. The van der Waals surface area contributed by atoms with E-state index in [1.165, 1.54) is 23.3 Å². The molecule has 0 saturated heterocycles. The molecule has 1 aliphatic heterocycles. The number of rotatable bonds is 11. The molecule has 36 heavy (non-hydrogen) atoms. The molecule has 9 heteroatoms. The number of benzene rings is 2. The highest BCUT2D eigenvalue weighted by Gasteiger charge is 2.41. The third kappa shape index (κ3) is 6.34. The number of carbonyl (C=O) groups is 1. The number of nitrogens with zero attached hydrogens (tertiary/aromatic N) is 3. The van der Waals surface area contributed by atoms with Crippen LogP contribution in [0.25, 0.3) is 0 Å². The average Bonchev–Trinajstić information content (AvgIpc) is 2.91. The van der Waals surface area contributed by atoms with Gasteiger partial charge in [0.2, 0.25) is 10.0 Å². The fourth-order valence-electron chi connectivity index (χ4n) is 4.27. The van der Waals surface area contributed by atoms with Crippen molar-refractivity contribution in [2.24, 2.45) is 0 Å². The zero-order valence-electron chi connectivity index (χ0n) is 20.5. The van der Waals surface area contributed by atoms with Crippen molar-refractivity contribution >= 4 is 15.9 Å². The van der Waals surface area contributed by atoms with E-state index in [0.717, 1.165) is 30.4 Å². The average molecular weight is 509 g/mol. The highest BCUT2D eigenvalue weighted by atomic mass is 32.2. The smallest absolute Gasteiger partial charge is 0.262 e. The van der Waals surface area contributed by atoms with Crippen LogP contribution in [0.5, 0.6) is 0 Å². The summed E-state index contributed by atoms with van der Waals surface area (Å²) in [5, 5.41) is 0. The van der Waals surface area contributed by atoms with Gasteiger partial charge < -0.3 is 0 Å². The number of hydrogen-bond donors (Lipinski definition) is 1. The predicted octanol–water partition coefficient (Wildman–Crippen LogP) is 3.96.